The molecule has 0 radical (unpaired) electrons. The molecule has 0 bridgehead atoms. The molecule has 102 valence electrons. The Labute approximate surface area is 121 Å². The number of thiocarbonyl (C=S) groups is 1. The lowest BCUT2D eigenvalue weighted by Crippen LogP contribution is -2.23. The van der Waals surface area contributed by atoms with E-state index in [4.69, 9.17) is 12.2 Å². The molecule has 0 fully saturated rings. The molecule has 6 heteroatoms. The fourth-order valence-corrected chi connectivity index (χ4v) is 1.65. The van der Waals surface area contributed by atoms with E-state index in [2.05, 4.69) is 15.8 Å². The molecular weight excluding hydrogens is 277 g/mol. The topological polar surface area (TPSA) is 56.7 Å². The van der Waals surface area contributed by atoms with Gasteiger partial charge in [-0.3, -0.25) is 5.43 Å². The monoisotopic (exact) mass is 289 g/mol. The number of hydrogen-bond acceptors (Lipinski definition) is 3. The van der Waals surface area contributed by atoms with E-state index in [1.54, 1.807) is 36.4 Å². The van der Waals surface area contributed by atoms with Gasteiger partial charge in [-0.25, -0.2) is 4.39 Å². The van der Waals surface area contributed by atoms with Crippen molar-refractivity contribution in [2.24, 2.45) is 5.10 Å². The third-order valence-corrected chi connectivity index (χ3v) is 2.58. The van der Waals surface area contributed by atoms with E-state index in [0.717, 1.165) is 0 Å². The van der Waals surface area contributed by atoms with Crippen molar-refractivity contribution in [3.8, 4) is 5.75 Å². The fourth-order valence-electron chi connectivity index (χ4n) is 1.48. The van der Waals surface area contributed by atoms with E-state index >= 15 is 0 Å². The fraction of sp³-hybridized carbons (Fsp3) is 0. The Morgan fingerprint density at radius 3 is 2.75 bits per heavy atom. The van der Waals surface area contributed by atoms with Crippen LogP contribution in [0.25, 0.3) is 0 Å². The van der Waals surface area contributed by atoms with Crippen LogP contribution in [-0.4, -0.2) is 16.4 Å². The molecular formula is C14H12FN3OS. The number of benzene rings is 2. The normalized spacial score (nSPS) is 10.4. The molecule has 20 heavy (non-hydrogen) atoms. The number of anilines is 1. The molecule has 2 rings (SSSR count). The van der Waals surface area contributed by atoms with Gasteiger partial charge in [0, 0.05) is 11.3 Å². The van der Waals surface area contributed by atoms with Gasteiger partial charge in [-0.05, 0) is 42.5 Å². The van der Waals surface area contributed by atoms with E-state index in [9.17, 15) is 9.50 Å². The van der Waals surface area contributed by atoms with Crippen LogP contribution in [0.4, 0.5) is 10.1 Å². The smallest absolute Gasteiger partial charge is 0.191 e. The summed E-state index contributed by atoms with van der Waals surface area (Å²) in [5.41, 5.74) is 3.67. The summed E-state index contributed by atoms with van der Waals surface area (Å²) >= 11 is 5.01. The third kappa shape index (κ3) is 4.03. The number of hydrogen-bond donors (Lipinski definition) is 3. The minimum Gasteiger partial charge on any atom is -0.507 e. The first-order valence-electron chi connectivity index (χ1n) is 5.79. The first-order chi connectivity index (χ1) is 9.65. The van der Waals surface area contributed by atoms with Gasteiger partial charge in [-0.1, -0.05) is 18.2 Å². The minimum atomic E-state index is -0.351. The highest BCUT2D eigenvalue weighted by molar-refractivity contribution is 7.80. The van der Waals surface area contributed by atoms with Crippen LogP contribution < -0.4 is 10.7 Å². The molecule has 0 heterocycles. The number of halogens is 1. The quantitative estimate of drug-likeness (QED) is 0.462. The molecule has 0 atom stereocenters. The lowest BCUT2D eigenvalue weighted by atomic mass is 10.2. The van der Waals surface area contributed by atoms with Crippen molar-refractivity contribution in [1.82, 2.24) is 5.43 Å². The highest BCUT2D eigenvalue weighted by atomic mass is 32.1. The van der Waals surface area contributed by atoms with Gasteiger partial charge in [0.1, 0.15) is 11.6 Å². The van der Waals surface area contributed by atoms with E-state index < -0.39 is 0 Å². The van der Waals surface area contributed by atoms with Gasteiger partial charge in [-0.2, -0.15) is 5.10 Å². The highest BCUT2D eigenvalue weighted by Crippen LogP contribution is 2.12. The number of para-hydroxylation sites is 1. The summed E-state index contributed by atoms with van der Waals surface area (Å²) in [5, 5.41) is 16.4. The molecule has 0 unspecified atom stereocenters. The molecule has 0 amide bonds. The van der Waals surface area contributed by atoms with Crippen molar-refractivity contribution in [3.63, 3.8) is 0 Å². The van der Waals surface area contributed by atoms with Crippen molar-refractivity contribution in [1.29, 1.82) is 0 Å². The number of hydrazone groups is 1. The van der Waals surface area contributed by atoms with Crippen molar-refractivity contribution in [2.75, 3.05) is 5.32 Å². The highest BCUT2D eigenvalue weighted by Gasteiger charge is 1.98. The van der Waals surface area contributed by atoms with E-state index in [1.807, 2.05) is 0 Å². The van der Waals surface area contributed by atoms with Crippen LogP contribution in [0.3, 0.4) is 0 Å². The van der Waals surface area contributed by atoms with Crippen LogP contribution in [0.1, 0.15) is 5.56 Å². The maximum absolute atomic E-state index is 13.0. The minimum absolute atomic E-state index is 0.127. The summed E-state index contributed by atoms with van der Waals surface area (Å²) in [5.74, 6) is -0.224. The second-order valence-electron chi connectivity index (χ2n) is 3.89. The molecule has 0 aromatic heterocycles. The zero-order valence-corrected chi connectivity index (χ0v) is 11.2. The number of rotatable bonds is 3. The molecule has 3 N–H and O–H groups in total. The van der Waals surface area contributed by atoms with Gasteiger partial charge < -0.3 is 10.4 Å². The van der Waals surface area contributed by atoms with Crippen LogP contribution in [-0.2, 0) is 0 Å². The predicted molar refractivity (Wildman–Crippen MR) is 81.5 cm³/mol. The molecule has 0 aliphatic heterocycles. The molecule has 2 aromatic rings. The van der Waals surface area contributed by atoms with Crippen LogP contribution in [0.2, 0.25) is 0 Å². The summed E-state index contributed by atoms with van der Waals surface area (Å²) in [7, 11) is 0. The van der Waals surface area contributed by atoms with Crippen molar-refractivity contribution in [2.45, 2.75) is 0 Å². The number of phenols is 1. The van der Waals surface area contributed by atoms with E-state index in [1.165, 1.54) is 18.3 Å². The maximum atomic E-state index is 13.0. The van der Waals surface area contributed by atoms with Crippen molar-refractivity contribution < 1.29 is 9.50 Å². The summed E-state index contributed by atoms with van der Waals surface area (Å²) < 4.78 is 13.0. The molecule has 0 aliphatic rings. The number of nitrogens with zero attached hydrogens (tertiary/aromatic N) is 1. The van der Waals surface area contributed by atoms with Gasteiger partial charge in [0.15, 0.2) is 5.11 Å². The summed E-state index contributed by atoms with van der Waals surface area (Å²) in [6, 6.07) is 12.7. The van der Waals surface area contributed by atoms with Crippen LogP contribution in [0, 0.1) is 5.82 Å². The van der Waals surface area contributed by atoms with Crippen molar-refractivity contribution >= 4 is 29.2 Å². The number of nitrogens with one attached hydrogen (secondary N) is 2. The zero-order chi connectivity index (χ0) is 14.4. The van der Waals surface area contributed by atoms with Gasteiger partial charge >= 0.3 is 0 Å². The van der Waals surface area contributed by atoms with Crippen LogP contribution >= 0.6 is 12.2 Å². The molecule has 2 aromatic carbocycles. The molecule has 0 aliphatic carbocycles. The molecule has 0 spiro atoms. The molecule has 0 saturated heterocycles. The Hall–Kier alpha value is -2.47. The number of aromatic hydroxyl groups is 1. The average Bonchev–Trinajstić information content (AvgIpc) is 2.41. The van der Waals surface area contributed by atoms with E-state index in [-0.39, 0.29) is 16.7 Å². The molecule has 0 saturated carbocycles. The second kappa shape index (κ2) is 6.63. The first kappa shape index (κ1) is 14.0. The SMILES string of the molecule is Oc1ccccc1/C=N\NC(=S)Nc1cccc(F)c1. The van der Waals surface area contributed by atoms with Crippen LogP contribution in [0.15, 0.2) is 53.6 Å². The average molecular weight is 289 g/mol. The summed E-state index contributed by atoms with van der Waals surface area (Å²) in [4.78, 5) is 0. The predicted octanol–water partition coefficient (Wildman–Crippen LogP) is 2.85. The summed E-state index contributed by atoms with van der Waals surface area (Å²) in [6.45, 7) is 0. The van der Waals surface area contributed by atoms with Crippen molar-refractivity contribution in [3.05, 3.63) is 59.9 Å². The molecule has 4 nitrogen and oxygen atoms in total. The Morgan fingerprint density at radius 2 is 2.00 bits per heavy atom. The standard InChI is InChI=1S/C14H12FN3OS/c15-11-5-3-6-12(8-11)17-14(20)18-16-9-10-4-1-2-7-13(10)19/h1-9,19H,(H2,17,18,20)/b16-9-. The number of phenolic OH excluding ortho intramolecular Hbond substituents is 1. The Bertz CT molecular complexity index is 646. The van der Waals surface area contributed by atoms with Gasteiger partial charge in [0.05, 0.1) is 6.21 Å². The van der Waals surface area contributed by atoms with Gasteiger partial charge in [-0.15, -0.1) is 0 Å². The maximum Gasteiger partial charge on any atom is 0.191 e. The summed E-state index contributed by atoms with van der Waals surface area (Å²) in [6.07, 6.45) is 1.44. The Balaban J connectivity index is 1.91. The second-order valence-corrected chi connectivity index (χ2v) is 4.30. The largest absolute Gasteiger partial charge is 0.507 e. The van der Waals surface area contributed by atoms with E-state index in [0.29, 0.717) is 11.3 Å². The zero-order valence-electron chi connectivity index (χ0n) is 10.4. The van der Waals surface area contributed by atoms with Crippen LogP contribution in [0.5, 0.6) is 5.75 Å². The lowest BCUT2D eigenvalue weighted by molar-refractivity contribution is 0.474. The Kier molecular flexibility index (Phi) is 4.62. The first-order valence-corrected chi connectivity index (χ1v) is 6.19. The third-order valence-electron chi connectivity index (χ3n) is 2.39. The Morgan fingerprint density at radius 1 is 1.20 bits per heavy atom. The van der Waals surface area contributed by atoms with Gasteiger partial charge in [0.25, 0.3) is 0 Å². The van der Waals surface area contributed by atoms with Gasteiger partial charge in [0.2, 0.25) is 0 Å². The lowest BCUT2D eigenvalue weighted by Gasteiger charge is -2.06.